The summed E-state index contributed by atoms with van der Waals surface area (Å²) in [6.45, 7) is 14.3. The normalized spacial score (nSPS) is 19.9. The molecule has 0 spiro atoms. The molecule has 1 saturated heterocycles. The van der Waals surface area contributed by atoms with Crippen molar-refractivity contribution in [3.63, 3.8) is 0 Å². The van der Waals surface area contributed by atoms with E-state index < -0.39 is 0 Å². The van der Waals surface area contributed by atoms with Crippen molar-refractivity contribution in [1.29, 1.82) is 0 Å². The van der Waals surface area contributed by atoms with Gasteiger partial charge in [-0.05, 0) is 50.7 Å². The Labute approximate surface area is 102 Å². The van der Waals surface area contributed by atoms with Crippen molar-refractivity contribution in [3.8, 4) is 0 Å². The van der Waals surface area contributed by atoms with Gasteiger partial charge in [-0.25, -0.2) is 0 Å². The number of nitrogens with one attached hydrogen (secondary N) is 1. The molecule has 0 unspecified atom stereocenters. The Morgan fingerprint density at radius 1 is 1.06 bits per heavy atom. The topological polar surface area (TPSA) is 15.3 Å². The SMILES string of the molecule is CC(C)CCNC1CCN(CC(C)C)CC1. The second-order valence-electron chi connectivity index (χ2n) is 6.11. The Bertz CT molecular complexity index is 170. The third-order valence-electron chi connectivity index (χ3n) is 3.37. The molecule has 0 aromatic rings. The van der Waals surface area contributed by atoms with E-state index in [0.29, 0.717) is 0 Å². The van der Waals surface area contributed by atoms with Crippen LogP contribution in [0.1, 0.15) is 47.0 Å². The summed E-state index contributed by atoms with van der Waals surface area (Å²) in [4.78, 5) is 2.62. The number of hydrogen-bond acceptors (Lipinski definition) is 2. The van der Waals surface area contributed by atoms with Gasteiger partial charge in [0.15, 0.2) is 0 Å². The van der Waals surface area contributed by atoms with Crippen molar-refractivity contribution in [3.05, 3.63) is 0 Å². The van der Waals surface area contributed by atoms with Crippen molar-refractivity contribution in [2.24, 2.45) is 11.8 Å². The van der Waals surface area contributed by atoms with Gasteiger partial charge in [0.1, 0.15) is 0 Å². The lowest BCUT2D eigenvalue weighted by molar-refractivity contribution is 0.179. The fourth-order valence-electron chi connectivity index (χ4n) is 2.41. The molecule has 0 amide bonds. The monoisotopic (exact) mass is 226 g/mol. The van der Waals surface area contributed by atoms with Crippen LogP contribution in [-0.2, 0) is 0 Å². The number of nitrogens with zero attached hydrogens (tertiary/aromatic N) is 1. The molecule has 96 valence electrons. The van der Waals surface area contributed by atoms with Gasteiger partial charge in [-0.1, -0.05) is 27.7 Å². The highest BCUT2D eigenvalue weighted by Gasteiger charge is 2.18. The minimum atomic E-state index is 0.780. The number of hydrogen-bond donors (Lipinski definition) is 1. The zero-order valence-corrected chi connectivity index (χ0v) is 11.6. The van der Waals surface area contributed by atoms with E-state index in [4.69, 9.17) is 0 Å². The van der Waals surface area contributed by atoms with Crippen molar-refractivity contribution in [2.45, 2.75) is 53.0 Å². The molecule has 0 atom stereocenters. The van der Waals surface area contributed by atoms with Crippen LogP contribution in [0.2, 0.25) is 0 Å². The molecule has 0 saturated carbocycles. The van der Waals surface area contributed by atoms with E-state index in [1.807, 2.05) is 0 Å². The molecular weight excluding hydrogens is 196 g/mol. The summed E-state index contributed by atoms with van der Waals surface area (Å²) in [5.41, 5.74) is 0. The largest absolute Gasteiger partial charge is 0.314 e. The van der Waals surface area contributed by atoms with Gasteiger partial charge in [0.05, 0.1) is 0 Å². The summed E-state index contributed by atoms with van der Waals surface area (Å²) < 4.78 is 0. The van der Waals surface area contributed by atoms with Crippen LogP contribution in [-0.4, -0.2) is 37.1 Å². The molecule has 0 aromatic heterocycles. The third kappa shape index (κ3) is 5.86. The van der Waals surface area contributed by atoms with Crippen LogP contribution in [0.15, 0.2) is 0 Å². The molecule has 0 bridgehead atoms. The summed E-state index contributed by atoms with van der Waals surface area (Å²) >= 11 is 0. The first-order valence-corrected chi connectivity index (χ1v) is 7.03. The highest BCUT2D eigenvalue weighted by Crippen LogP contribution is 2.12. The maximum Gasteiger partial charge on any atom is 0.00914 e. The summed E-state index contributed by atoms with van der Waals surface area (Å²) in [6, 6.07) is 0.780. The molecule has 16 heavy (non-hydrogen) atoms. The maximum atomic E-state index is 3.70. The van der Waals surface area contributed by atoms with Gasteiger partial charge < -0.3 is 10.2 Å². The minimum absolute atomic E-state index is 0.780. The molecule has 2 nitrogen and oxygen atoms in total. The van der Waals surface area contributed by atoms with Gasteiger partial charge in [-0.15, -0.1) is 0 Å². The average Bonchev–Trinajstić information content (AvgIpc) is 2.19. The molecule has 1 N–H and O–H groups in total. The lowest BCUT2D eigenvalue weighted by Crippen LogP contribution is -2.43. The first-order valence-electron chi connectivity index (χ1n) is 7.03. The van der Waals surface area contributed by atoms with Gasteiger partial charge in [0, 0.05) is 12.6 Å². The van der Waals surface area contributed by atoms with Crippen LogP contribution in [0.25, 0.3) is 0 Å². The van der Waals surface area contributed by atoms with E-state index >= 15 is 0 Å². The van der Waals surface area contributed by atoms with Crippen LogP contribution >= 0.6 is 0 Å². The predicted octanol–water partition coefficient (Wildman–Crippen LogP) is 2.74. The van der Waals surface area contributed by atoms with Crippen LogP contribution in [0.5, 0.6) is 0 Å². The van der Waals surface area contributed by atoms with Gasteiger partial charge in [-0.2, -0.15) is 0 Å². The van der Waals surface area contributed by atoms with E-state index in [1.54, 1.807) is 0 Å². The summed E-state index contributed by atoms with van der Waals surface area (Å²) in [7, 11) is 0. The Morgan fingerprint density at radius 2 is 1.69 bits per heavy atom. The lowest BCUT2D eigenvalue weighted by atomic mass is 10.0. The first kappa shape index (κ1) is 14.0. The smallest absolute Gasteiger partial charge is 0.00914 e. The molecule has 0 aliphatic carbocycles. The second kappa shape index (κ2) is 7.29. The Balaban J connectivity index is 2.07. The molecule has 0 aromatic carbocycles. The Morgan fingerprint density at radius 3 is 2.19 bits per heavy atom. The van der Waals surface area contributed by atoms with E-state index in [9.17, 15) is 0 Å². The van der Waals surface area contributed by atoms with Crippen LogP contribution in [0.4, 0.5) is 0 Å². The highest BCUT2D eigenvalue weighted by atomic mass is 15.1. The molecule has 0 radical (unpaired) electrons. The zero-order valence-electron chi connectivity index (χ0n) is 11.6. The third-order valence-corrected chi connectivity index (χ3v) is 3.37. The molecule has 1 heterocycles. The quantitative estimate of drug-likeness (QED) is 0.749. The van der Waals surface area contributed by atoms with Gasteiger partial charge in [-0.3, -0.25) is 0 Å². The zero-order chi connectivity index (χ0) is 12.0. The van der Waals surface area contributed by atoms with Crippen LogP contribution < -0.4 is 5.32 Å². The lowest BCUT2D eigenvalue weighted by Gasteiger charge is -2.33. The first-order chi connectivity index (χ1) is 7.58. The fourth-order valence-corrected chi connectivity index (χ4v) is 2.41. The highest BCUT2D eigenvalue weighted by molar-refractivity contribution is 4.77. The van der Waals surface area contributed by atoms with E-state index in [1.165, 1.54) is 45.4 Å². The van der Waals surface area contributed by atoms with Crippen molar-refractivity contribution in [1.82, 2.24) is 10.2 Å². The molecule has 1 aliphatic rings. The standard InChI is InChI=1S/C14H30N2/c1-12(2)5-8-15-14-6-9-16(10-7-14)11-13(3)4/h12-15H,5-11H2,1-4H3. The van der Waals surface area contributed by atoms with Gasteiger partial charge in [0.25, 0.3) is 0 Å². The Hall–Kier alpha value is -0.0800. The Kier molecular flexibility index (Phi) is 6.37. The number of rotatable bonds is 6. The molecule has 1 rings (SSSR count). The van der Waals surface area contributed by atoms with Crippen molar-refractivity contribution in [2.75, 3.05) is 26.2 Å². The summed E-state index contributed by atoms with van der Waals surface area (Å²) in [5, 5.41) is 3.70. The van der Waals surface area contributed by atoms with Crippen LogP contribution in [0, 0.1) is 11.8 Å². The van der Waals surface area contributed by atoms with E-state index in [0.717, 1.165) is 17.9 Å². The number of piperidine rings is 1. The summed E-state index contributed by atoms with van der Waals surface area (Å²) in [5.74, 6) is 1.64. The van der Waals surface area contributed by atoms with E-state index in [2.05, 4.69) is 37.9 Å². The van der Waals surface area contributed by atoms with E-state index in [-0.39, 0.29) is 0 Å². The second-order valence-corrected chi connectivity index (χ2v) is 6.11. The molecule has 1 fully saturated rings. The van der Waals surface area contributed by atoms with Crippen molar-refractivity contribution < 1.29 is 0 Å². The van der Waals surface area contributed by atoms with Gasteiger partial charge in [0.2, 0.25) is 0 Å². The maximum absolute atomic E-state index is 3.70. The van der Waals surface area contributed by atoms with Gasteiger partial charge >= 0.3 is 0 Å². The average molecular weight is 226 g/mol. The van der Waals surface area contributed by atoms with Crippen LogP contribution in [0.3, 0.4) is 0 Å². The predicted molar refractivity (Wildman–Crippen MR) is 71.8 cm³/mol. The minimum Gasteiger partial charge on any atom is -0.314 e. The van der Waals surface area contributed by atoms with Crippen molar-refractivity contribution >= 4 is 0 Å². The molecule has 1 aliphatic heterocycles. The molecular formula is C14H30N2. The number of likely N-dealkylation sites (tertiary alicyclic amines) is 1. The summed E-state index contributed by atoms with van der Waals surface area (Å²) in [6.07, 6.45) is 3.99. The fraction of sp³-hybridized carbons (Fsp3) is 1.00. The molecule has 2 heteroatoms.